The van der Waals surface area contributed by atoms with Gasteiger partial charge in [-0.25, -0.2) is 4.98 Å². The van der Waals surface area contributed by atoms with E-state index in [0.717, 1.165) is 28.9 Å². The van der Waals surface area contributed by atoms with Crippen LogP contribution in [0.5, 0.6) is 11.5 Å². The van der Waals surface area contributed by atoms with Crippen LogP contribution in [0.15, 0.2) is 41.5 Å². The number of hydrogen-bond acceptors (Lipinski definition) is 6. The maximum absolute atomic E-state index is 12.5. The summed E-state index contributed by atoms with van der Waals surface area (Å²) < 4.78 is 10.8. The van der Waals surface area contributed by atoms with Crippen LogP contribution in [0.25, 0.3) is 11.4 Å². The van der Waals surface area contributed by atoms with Gasteiger partial charge in [-0.3, -0.25) is 14.7 Å². The van der Waals surface area contributed by atoms with Crippen molar-refractivity contribution < 1.29 is 9.47 Å². The van der Waals surface area contributed by atoms with Gasteiger partial charge >= 0.3 is 0 Å². The van der Waals surface area contributed by atoms with E-state index >= 15 is 0 Å². The Morgan fingerprint density at radius 2 is 2.11 bits per heavy atom. The quantitative estimate of drug-likeness (QED) is 0.733. The Balaban J connectivity index is 1.42. The minimum atomic E-state index is -0.0791. The lowest BCUT2D eigenvalue weighted by atomic mass is 10.0. The highest BCUT2D eigenvalue weighted by molar-refractivity contribution is 6.31. The molecule has 1 N–H and O–H groups in total. The predicted molar refractivity (Wildman–Crippen MR) is 103 cm³/mol. The number of hydrogen-bond donors (Lipinski definition) is 1. The highest BCUT2D eigenvalue weighted by atomic mass is 35.5. The number of aromatic amines is 1. The molecular weight excluding hydrogens is 380 g/mol. The molecule has 0 spiro atoms. The fourth-order valence-electron chi connectivity index (χ4n) is 3.59. The zero-order valence-electron chi connectivity index (χ0n) is 14.9. The Bertz CT molecular complexity index is 1100. The standard InChI is InChI=1S/C20H17ClN4O3/c21-15-7-18-17(27-11-28-18)6-13(15)9-25-5-3-14-16(10-25)23-19(24-20(14)26)12-2-1-4-22-8-12/h1-2,4,6-8H,3,5,9-11H2,(H,23,24,26). The maximum atomic E-state index is 12.5. The molecule has 7 nitrogen and oxygen atoms in total. The number of nitrogens with one attached hydrogen (secondary N) is 1. The van der Waals surface area contributed by atoms with Crippen LogP contribution < -0.4 is 15.0 Å². The van der Waals surface area contributed by atoms with E-state index < -0.39 is 0 Å². The van der Waals surface area contributed by atoms with Gasteiger partial charge in [-0.2, -0.15) is 0 Å². The molecular formula is C20H17ClN4O3. The van der Waals surface area contributed by atoms with Crippen LogP contribution in [0.2, 0.25) is 5.02 Å². The van der Waals surface area contributed by atoms with Crippen molar-refractivity contribution in [3.8, 4) is 22.9 Å². The second kappa shape index (κ2) is 6.92. The molecule has 0 fully saturated rings. The molecule has 0 radical (unpaired) electrons. The maximum Gasteiger partial charge on any atom is 0.254 e. The van der Waals surface area contributed by atoms with Gasteiger partial charge in [0.2, 0.25) is 6.79 Å². The largest absolute Gasteiger partial charge is 0.454 e. The number of ether oxygens (including phenoxy) is 2. The van der Waals surface area contributed by atoms with E-state index in [9.17, 15) is 4.79 Å². The van der Waals surface area contributed by atoms with Crippen LogP contribution in [0.3, 0.4) is 0 Å². The van der Waals surface area contributed by atoms with Crippen molar-refractivity contribution in [1.82, 2.24) is 19.9 Å². The molecule has 2 aliphatic rings. The number of fused-ring (bicyclic) bond motifs is 2. The summed E-state index contributed by atoms with van der Waals surface area (Å²) in [7, 11) is 0. The van der Waals surface area contributed by atoms with E-state index in [-0.39, 0.29) is 12.4 Å². The van der Waals surface area contributed by atoms with Gasteiger partial charge < -0.3 is 14.5 Å². The molecule has 0 unspecified atom stereocenters. The second-order valence-electron chi connectivity index (χ2n) is 6.84. The SMILES string of the molecule is O=c1[nH]c(-c2cccnc2)nc2c1CCN(Cc1cc3c(cc1Cl)OCO3)C2. The number of halogens is 1. The van der Waals surface area contributed by atoms with E-state index in [4.69, 9.17) is 26.1 Å². The summed E-state index contributed by atoms with van der Waals surface area (Å²) in [6.07, 6.45) is 4.03. The third-order valence-corrected chi connectivity index (χ3v) is 5.37. The molecule has 0 amide bonds. The van der Waals surface area contributed by atoms with E-state index in [0.29, 0.717) is 41.9 Å². The van der Waals surface area contributed by atoms with Gasteiger partial charge in [0, 0.05) is 54.2 Å². The molecule has 0 saturated carbocycles. The number of pyridine rings is 1. The van der Waals surface area contributed by atoms with Gasteiger partial charge in [0.05, 0.1) is 5.69 Å². The average Bonchev–Trinajstić information content (AvgIpc) is 3.15. The zero-order chi connectivity index (χ0) is 19.1. The van der Waals surface area contributed by atoms with Crippen molar-refractivity contribution in [2.45, 2.75) is 19.5 Å². The molecule has 2 aliphatic heterocycles. The van der Waals surface area contributed by atoms with Gasteiger partial charge in [0.15, 0.2) is 11.5 Å². The molecule has 3 aromatic rings. The Morgan fingerprint density at radius 1 is 1.25 bits per heavy atom. The summed E-state index contributed by atoms with van der Waals surface area (Å²) in [6.45, 7) is 2.20. The van der Waals surface area contributed by atoms with Crippen LogP contribution >= 0.6 is 11.6 Å². The third kappa shape index (κ3) is 3.12. The Morgan fingerprint density at radius 3 is 2.93 bits per heavy atom. The Hall–Kier alpha value is -2.90. The summed E-state index contributed by atoms with van der Waals surface area (Å²) in [5, 5.41) is 0.643. The van der Waals surface area contributed by atoms with E-state index in [2.05, 4.69) is 14.9 Å². The van der Waals surface area contributed by atoms with Crippen molar-refractivity contribution >= 4 is 11.6 Å². The monoisotopic (exact) mass is 396 g/mol. The van der Waals surface area contributed by atoms with Crippen molar-refractivity contribution in [1.29, 1.82) is 0 Å². The van der Waals surface area contributed by atoms with Crippen molar-refractivity contribution in [3.05, 3.63) is 68.9 Å². The first-order valence-electron chi connectivity index (χ1n) is 9.00. The van der Waals surface area contributed by atoms with Crippen LogP contribution in [0.4, 0.5) is 0 Å². The number of rotatable bonds is 3. The number of benzene rings is 1. The Kier molecular flexibility index (Phi) is 4.26. The van der Waals surface area contributed by atoms with Crippen molar-refractivity contribution in [3.63, 3.8) is 0 Å². The van der Waals surface area contributed by atoms with E-state index in [1.165, 1.54) is 0 Å². The first-order chi connectivity index (χ1) is 13.7. The lowest BCUT2D eigenvalue weighted by Gasteiger charge is -2.28. The summed E-state index contributed by atoms with van der Waals surface area (Å²) in [5.41, 5.74) is 3.22. The predicted octanol–water partition coefficient (Wildman–Crippen LogP) is 2.77. The van der Waals surface area contributed by atoms with Gasteiger partial charge in [-0.15, -0.1) is 0 Å². The fourth-order valence-corrected chi connectivity index (χ4v) is 3.80. The normalized spacial score (nSPS) is 15.5. The topological polar surface area (TPSA) is 80.3 Å². The first-order valence-corrected chi connectivity index (χ1v) is 9.38. The van der Waals surface area contributed by atoms with Gasteiger partial charge in [0.25, 0.3) is 5.56 Å². The highest BCUT2D eigenvalue weighted by Gasteiger charge is 2.23. The summed E-state index contributed by atoms with van der Waals surface area (Å²) in [6, 6.07) is 7.42. The van der Waals surface area contributed by atoms with Crippen LogP contribution in [-0.4, -0.2) is 33.2 Å². The Labute approximate surface area is 165 Å². The first kappa shape index (κ1) is 17.2. The average molecular weight is 397 g/mol. The molecule has 0 saturated heterocycles. The molecule has 4 heterocycles. The summed E-state index contributed by atoms with van der Waals surface area (Å²) >= 11 is 6.42. The molecule has 28 heavy (non-hydrogen) atoms. The van der Waals surface area contributed by atoms with Crippen molar-refractivity contribution in [2.24, 2.45) is 0 Å². The lowest BCUT2D eigenvalue weighted by Crippen LogP contribution is -2.35. The van der Waals surface area contributed by atoms with Gasteiger partial charge in [-0.05, 0) is 30.2 Å². The van der Waals surface area contributed by atoms with Crippen molar-refractivity contribution in [2.75, 3.05) is 13.3 Å². The number of nitrogens with zero attached hydrogens (tertiary/aromatic N) is 3. The van der Waals surface area contributed by atoms with Crippen LogP contribution in [0.1, 0.15) is 16.8 Å². The molecule has 0 atom stereocenters. The lowest BCUT2D eigenvalue weighted by molar-refractivity contribution is 0.174. The van der Waals surface area contributed by atoms with Crippen LogP contribution in [0, 0.1) is 0 Å². The molecule has 0 bridgehead atoms. The van der Waals surface area contributed by atoms with E-state index in [1.807, 2.05) is 18.2 Å². The summed E-state index contributed by atoms with van der Waals surface area (Å²) in [4.78, 5) is 26.4. The number of aromatic nitrogens is 3. The summed E-state index contributed by atoms with van der Waals surface area (Å²) in [5.74, 6) is 1.93. The van der Waals surface area contributed by atoms with E-state index in [1.54, 1.807) is 18.5 Å². The molecule has 1 aromatic carbocycles. The third-order valence-electron chi connectivity index (χ3n) is 5.02. The van der Waals surface area contributed by atoms with Crippen LogP contribution in [-0.2, 0) is 19.5 Å². The molecule has 8 heteroatoms. The highest BCUT2D eigenvalue weighted by Crippen LogP contribution is 2.37. The minimum absolute atomic E-state index is 0.0791. The van der Waals surface area contributed by atoms with Gasteiger partial charge in [0.1, 0.15) is 5.82 Å². The smallest absolute Gasteiger partial charge is 0.254 e. The fraction of sp³-hybridized carbons (Fsp3) is 0.250. The molecule has 142 valence electrons. The zero-order valence-corrected chi connectivity index (χ0v) is 15.7. The molecule has 2 aromatic heterocycles. The van der Waals surface area contributed by atoms with Gasteiger partial charge in [-0.1, -0.05) is 11.6 Å². The molecule has 5 rings (SSSR count). The minimum Gasteiger partial charge on any atom is -0.454 e. The second-order valence-corrected chi connectivity index (χ2v) is 7.25. The number of H-pyrrole nitrogens is 1. The molecule has 0 aliphatic carbocycles.